The molecular formula is C88H168. The molecule has 1 aromatic carbocycles. The molecule has 0 saturated heterocycles. The van der Waals surface area contributed by atoms with Crippen LogP contribution in [0.25, 0.3) is 5.57 Å². The van der Waals surface area contributed by atoms with Gasteiger partial charge in [0, 0.05) is 0 Å². The van der Waals surface area contributed by atoms with E-state index in [2.05, 4.69) is 55.4 Å². The van der Waals surface area contributed by atoms with Gasteiger partial charge >= 0.3 is 0 Å². The third kappa shape index (κ3) is 48.6. The Morgan fingerprint density at radius 2 is 0.295 bits per heavy atom. The molecule has 0 spiro atoms. The minimum atomic E-state index is 1.35. The number of unbranched alkanes of at least 4 members (excludes halogenated alkanes) is 56. The van der Waals surface area contributed by atoms with Crippen LogP contribution in [0.3, 0.4) is 0 Å². The smallest absolute Gasteiger partial charge is 0.0155 e. The molecule has 0 fully saturated rings. The molecular weight excluding hydrogens is 1060 g/mol. The van der Waals surface area contributed by atoms with Crippen LogP contribution in [-0.4, -0.2) is 0 Å². The summed E-state index contributed by atoms with van der Waals surface area (Å²) in [5.74, 6) is 0. The molecule has 0 nitrogen and oxygen atoms in total. The van der Waals surface area contributed by atoms with Gasteiger partial charge < -0.3 is 0 Å². The predicted molar refractivity (Wildman–Crippen MR) is 407 cm³/mol. The van der Waals surface area contributed by atoms with E-state index in [0.29, 0.717) is 0 Å². The van der Waals surface area contributed by atoms with Crippen molar-refractivity contribution in [3.8, 4) is 0 Å². The fourth-order valence-corrected chi connectivity index (χ4v) is 15.3. The van der Waals surface area contributed by atoms with E-state index in [1.54, 1.807) is 0 Å². The summed E-state index contributed by atoms with van der Waals surface area (Å²) in [5, 5.41) is 0. The Balaban J connectivity index is 4.55. The maximum absolute atomic E-state index is 2.39. The summed E-state index contributed by atoms with van der Waals surface area (Å²) < 4.78 is 0. The highest BCUT2D eigenvalue weighted by molar-refractivity contribution is 5.77. The summed E-state index contributed by atoms with van der Waals surface area (Å²) in [4.78, 5) is 0. The van der Waals surface area contributed by atoms with Crippen LogP contribution >= 0.6 is 0 Å². The average molecular weight is 1230 g/mol. The van der Waals surface area contributed by atoms with Crippen LogP contribution in [0, 0.1) is 0 Å². The van der Waals surface area contributed by atoms with Gasteiger partial charge in [0.2, 0.25) is 0 Å². The number of benzene rings is 1. The van der Waals surface area contributed by atoms with Crippen molar-refractivity contribution in [1.82, 2.24) is 0 Å². The lowest BCUT2D eigenvalue weighted by molar-refractivity contribution is 0.558. The lowest BCUT2D eigenvalue weighted by Gasteiger charge is -2.31. The van der Waals surface area contributed by atoms with Crippen molar-refractivity contribution in [1.29, 1.82) is 0 Å². The van der Waals surface area contributed by atoms with Crippen molar-refractivity contribution in [2.24, 2.45) is 0 Å². The summed E-state index contributed by atoms with van der Waals surface area (Å²) in [6, 6.07) is 0. The van der Waals surface area contributed by atoms with Crippen molar-refractivity contribution < 1.29 is 0 Å². The van der Waals surface area contributed by atoms with E-state index < -0.39 is 0 Å². The predicted octanol–water partition coefficient (Wildman–Crippen LogP) is 32.4. The van der Waals surface area contributed by atoms with Gasteiger partial charge in [0.15, 0.2) is 0 Å². The zero-order chi connectivity index (χ0) is 63.5. The first-order chi connectivity index (χ1) is 43.6. The quantitative estimate of drug-likeness (QED) is 0.0570. The van der Waals surface area contributed by atoms with Gasteiger partial charge in [-0.3, -0.25) is 0 Å². The van der Waals surface area contributed by atoms with E-state index >= 15 is 0 Å². The monoisotopic (exact) mass is 1230 g/mol. The number of allylic oxidation sites excluding steroid dienone is 2. The highest BCUT2D eigenvalue weighted by Gasteiger charge is 2.27. The fraction of sp³-hybridized carbons (Fsp3) is 0.909. The van der Waals surface area contributed by atoms with Crippen molar-refractivity contribution in [3.05, 3.63) is 39.0 Å². The molecule has 1 rings (SSSR count). The van der Waals surface area contributed by atoms with Crippen LogP contribution in [0.1, 0.15) is 519 Å². The third-order valence-electron chi connectivity index (χ3n) is 21.1. The summed E-state index contributed by atoms with van der Waals surface area (Å²) in [6.45, 7) is 19.1. The van der Waals surface area contributed by atoms with Crippen LogP contribution in [0.5, 0.6) is 0 Å². The van der Waals surface area contributed by atoms with Crippen molar-refractivity contribution >= 4 is 5.57 Å². The Morgan fingerprint density at radius 1 is 0.148 bits per heavy atom. The van der Waals surface area contributed by atoms with E-state index in [-0.39, 0.29) is 0 Å². The normalized spacial score (nSPS) is 11.7. The SMILES string of the molecule is CCCCCCCCCCC(CCCCCCCCCC)=C(CCCCCCCCCC)c1c(CCCCCCCCCC)c(CCCCCCCCCC)c(CCCCCCCCCC)c(CCCCCCCCCC)c1CCCCCCCCCC. The molecule has 0 N–H and O–H groups in total. The molecule has 0 atom stereocenters. The second kappa shape index (κ2) is 68.8. The molecule has 0 aliphatic rings. The van der Waals surface area contributed by atoms with Crippen LogP contribution in [0.2, 0.25) is 0 Å². The highest BCUT2D eigenvalue weighted by Crippen LogP contribution is 2.43. The molecule has 0 aromatic heterocycles. The van der Waals surface area contributed by atoms with Gasteiger partial charge in [-0.05, 0) is 142 Å². The molecule has 0 aliphatic carbocycles. The molecule has 520 valence electrons. The molecule has 0 bridgehead atoms. The molecule has 0 heterocycles. The van der Waals surface area contributed by atoms with E-state index in [0.717, 1.165) is 0 Å². The van der Waals surface area contributed by atoms with Crippen LogP contribution in [0.15, 0.2) is 5.57 Å². The minimum absolute atomic E-state index is 1.35. The van der Waals surface area contributed by atoms with Crippen LogP contribution in [-0.2, 0) is 32.1 Å². The highest BCUT2D eigenvalue weighted by atomic mass is 14.3. The summed E-state index contributed by atoms with van der Waals surface area (Å²) >= 11 is 0. The van der Waals surface area contributed by atoms with Gasteiger partial charge in [0.1, 0.15) is 0 Å². The van der Waals surface area contributed by atoms with Crippen molar-refractivity contribution in [3.63, 3.8) is 0 Å². The van der Waals surface area contributed by atoms with Gasteiger partial charge in [0.25, 0.3) is 0 Å². The molecule has 88 heavy (non-hydrogen) atoms. The third-order valence-corrected chi connectivity index (χ3v) is 21.1. The standard InChI is InChI=1S/C88H168/c1-9-17-25-33-41-49-57-65-73-81(74-66-58-50-42-34-26-18-10-2)82(75-67-59-51-43-35-27-19-11-3)88-86(79-71-63-55-47-39-31-23-15-7)84(77-69-61-53-45-37-29-21-13-5)83(76-68-60-52-44-36-28-20-12-4)85(78-70-62-54-46-38-30-22-14-6)87(88)80-72-64-56-48-40-32-24-16-8/h9-80H2,1-8H3. The Kier molecular flexibility index (Phi) is 66.4. The first-order valence-corrected chi connectivity index (χ1v) is 42.5. The molecule has 0 radical (unpaired) electrons. The lowest BCUT2D eigenvalue weighted by atomic mass is 9.74. The van der Waals surface area contributed by atoms with Gasteiger partial charge in [-0.15, -0.1) is 0 Å². The summed E-state index contributed by atoms with van der Waals surface area (Å²) in [5.41, 5.74) is 15.8. The van der Waals surface area contributed by atoms with Gasteiger partial charge in [-0.2, -0.15) is 0 Å². The maximum Gasteiger partial charge on any atom is -0.0155 e. The van der Waals surface area contributed by atoms with Crippen molar-refractivity contribution in [2.45, 2.75) is 518 Å². The second-order valence-electron chi connectivity index (χ2n) is 29.6. The zero-order valence-corrected chi connectivity index (χ0v) is 62.9. The minimum Gasteiger partial charge on any atom is -0.0664 e. The Hall–Kier alpha value is -1.04. The Morgan fingerprint density at radius 3 is 0.500 bits per heavy atom. The first kappa shape index (κ1) is 85.0. The largest absolute Gasteiger partial charge is 0.0664 e. The lowest BCUT2D eigenvalue weighted by Crippen LogP contribution is -2.16. The van der Waals surface area contributed by atoms with Gasteiger partial charge in [0.05, 0.1) is 0 Å². The van der Waals surface area contributed by atoms with Gasteiger partial charge in [-0.1, -0.05) is 421 Å². The zero-order valence-electron chi connectivity index (χ0n) is 62.9. The van der Waals surface area contributed by atoms with E-state index in [1.165, 1.54) is 462 Å². The summed E-state index contributed by atoms with van der Waals surface area (Å²) in [6.07, 6.45) is 102. The number of hydrogen-bond donors (Lipinski definition) is 0. The summed E-state index contributed by atoms with van der Waals surface area (Å²) in [7, 11) is 0. The number of rotatable bonds is 73. The Bertz CT molecular complexity index is 1490. The topological polar surface area (TPSA) is 0 Å². The van der Waals surface area contributed by atoms with Crippen LogP contribution in [0.4, 0.5) is 0 Å². The molecule has 0 aliphatic heterocycles. The van der Waals surface area contributed by atoms with Gasteiger partial charge in [-0.25, -0.2) is 0 Å². The van der Waals surface area contributed by atoms with E-state index in [9.17, 15) is 0 Å². The molecule has 0 saturated carbocycles. The molecule has 0 heteroatoms. The van der Waals surface area contributed by atoms with Crippen molar-refractivity contribution in [2.75, 3.05) is 0 Å². The molecule has 0 amide bonds. The van der Waals surface area contributed by atoms with E-state index in [1.807, 2.05) is 44.5 Å². The Labute approximate surface area is 559 Å². The van der Waals surface area contributed by atoms with Crippen LogP contribution < -0.4 is 0 Å². The first-order valence-electron chi connectivity index (χ1n) is 42.5. The maximum atomic E-state index is 2.39. The molecule has 1 aromatic rings. The second-order valence-corrected chi connectivity index (χ2v) is 29.6. The number of hydrogen-bond acceptors (Lipinski definition) is 0. The fourth-order valence-electron chi connectivity index (χ4n) is 15.3. The molecule has 0 unspecified atom stereocenters. The average Bonchev–Trinajstić information content (AvgIpc) is 1.01. The van der Waals surface area contributed by atoms with E-state index in [4.69, 9.17) is 0 Å².